The predicted octanol–water partition coefficient (Wildman–Crippen LogP) is 1.38. The minimum atomic E-state index is -0.314. The molecule has 1 heterocycles. The zero-order valence-electron chi connectivity index (χ0n) is 10.3. The van der Waals surface area contributed by atoms with Crippen LogP contribution in [-0.2, 0) is 16.0 Å². The first-order valence-corrected chi connectivity index (χ1v) is 5.65. The Kier molecular flexibility index (Phi) is 3.92. The van der Waals surface area contributed by atoms with Crippen molar-refractivity contribution in [3.8, 4) is 0 Å². The summed E-state index contributed by atoms with van der Waals surface area (Å²) in [7, 11) is 1.35. The number of esters is 1. The number of nitrogens with zero attached hydrogens (tertiary/aromatic N) is 1. The monoisotopic (exact) mass is 259 g/mol. The Hall–Kier alpha value is -2.63. The van der Waals surface area contributed by atoms with Gasteiger partial charge >= 0.3 is 5.97 Å². The van der Waals surface area contributed by atoms with E-state index in [1.54, 1.807) is 30.5 Å². The standard InChI is InChI=1S/C13H13N3O3/c1-19-11(17)8-9-2-4-10(5-3-9)16-13(18)12-14-6-7-15-12/h2-7H,8H2,1H3,(H,14,15)(H,16,18). The second kappa shape index (κ2) is 5.81. The van der Waals surface area contributed by atoms with Crippen LogP contribution in [0.5, 0.6) is 0 Å². The number of benzene rings is 1. The van der Waals surface area contributed by atoms with Crippen LogP contribution in [0, 0.1) is 0 Å². The van der Waals surface area contributed by atoms with Crippen molar-refractivity contribution in [1.29, 1.82) is 0 Å². The SMILES string of the molecule is COC(=O)Cc1ccc(NC(=O)c2ncc[nH]2)cc1. The number of amides is 1. The molecule has 2 rings (SSSR count). The molecule has 0 aliphatic carbocycles. The summed E-state index contributed by atoms with van der Waals surface area (Å²) in [5.41, 5.74) is 1.46. The molecule has 0 spiro atoms. The van der Waals surface area contributed by atoms with Gasteiger partial charge in [0.2, 0.25) is 0 Å². The van der Waals surface area contributed by atoms with E-state index in [0.29, 0.717) is 5.69 Å². The first-order valence-electron chi connectivity index (χ1n) is 5.65. The van der Waals surface area contributed by atoms with Crippen LogP contribution in [0.15, 0.2) is 36.7 Å². The fraction of sp³-hybridized carbons (Fsp3) is 0.154. The zero-order valence-corrected chi connectivity index (χ0v) is 10.3. The van der Waals surface area contributed by atoms with Gasteiger partial charge in [-0.2, -0.15) is 0 Å². The van der Waals surface area contributed by atoms with Crippen molar-refractivity contribution in [2.45, 2.75) is 6.42 Å². The lowest BCUT2D eigenvalue weighted by Crippen LogP contribution is -2.13. The van der Waals surface area contributed by atoms with Crippen LogP contribution >= 0.6 is 0 Å². The molecule has 1 aromatic heterocycles. The van der Waals surface area contributed by atoms with Crippen LogP contribution in [0.1, 0.15) is 16.2 Å². The van der Waals surface area contributed by atoms with Gasteiger partial charge in [-0.25, -0.2) is 4.98 Å². The van der Waals surface area contributed by atoms with E-state index in [0.717, 1.165) is 5.56 Å². The molecule has 0 radical (unpaired) electrons. The summed E-state index contributed by atoms with van der Waals surface area (Å²) in [5, 5.41) is 2.69. The van der Waals surface area contributed by atoms with Crippen LogP contribution in [-0.4, -0.2) is 29.0 Å². The third-order valence-corrected chi connectivity index (χ3v) is 2.50. The summed E-state index contributed by atoms with van der Waals surface area (Å²) >= 11 is 0. The third kappa shape index (κ3) is 3.41. The molecule has 6 nitrogen and oxygen atoms in total. The minimum absolute atomic E-state index is 0.211. The second-order valence-corrected chi connectivity index (χ2v) is 3.84. The fourth-order valence-corrected chi connectivity index (χ4v) is 1.52. The molecule has 2 N–H and O–H groups in total. The first kappa shape index (κ1) is 12.8. The van der Waals surface area contributed by atoms with Gasteiger partial charge in [-0.3, -0.25) is 9.59 Å². The van der Waals surface area contributed by atoms with E-state index >= 15 is 0 Å². The molecule has 98 valence electrons. The average molecular weight is 259 g/mol. The lowest BCUT2D eigenvalue weighted by molar-refractivity contribution is -0.139. The summed E-state index contributed by atoms with van der Waals surface area (Å²) in [6, 6.07) is 6.96. The van der Waals surface area contributed by atoms with Gasteiger partial charge in [-0.05, 0) is 17.7 Å². The van der Waals surface area contributed by atoms with Crippen molar-refractivity contribution < 1.29 is 14.3 Å². The molecule has 0 atom stereocenters. The maximum Gasteiger partial charge on any atom is 0.309 e. The maximum atomic E-state index is 11.7. The number of ether oxygens (including phenoxy) is 1. The second-order valence-electron chi connectivity index (χ2n) is 3.84. The summed E-state index contributed by atoms with van der Waals surface area (Å²) in [6.07, 6.45) is 3.30. The number of aromatic amines is 1. The Bertz CT molecular complexity index is 561. The van der Waals surface area contributed by atoms with Gasteiger partial charge in [0.15, 0.2) is 5.82 Å². The molecule has 2 aromatic rings. The molecule has 0 saturated carbocycles. The summed E-state index contributed by atoms with van der Waals surface area (Å²) in [5.74, 6) is -0.364. The van der Waals surface area contributed by atoms with Gasteiger partial charge < -0.3 is 15.0 Å². The third-order valence-electron chi connectivity index (χ3n) is 2.50. The van der Waals surface area contributed by atoms with E-state index in [2.05, 4.69) is 20.0 Å². The molecule has 0 aliphatic rings. The number of hydrogen-bond acceptors (Lipinski definition) is 4. The van der Waals surface area contributed by atoms with Crippen LogP contribution < -0.4 is 5.32 Å². The van der Waals surface area contributed by atoms with Gasteiger partial charge in [-0.15, -0.1) is 0 Å². The van der Waals surface area contributed by atoms with Crippen molar-refractivity contribution in [3.63, 3.8) is 0 Å². The van der Waals surface area contributed by atoms with Gasteiger partial charge in [0.1, 0.15) is 0 Å². The van der Waals surface area contributed by atoms with E-state index in [4.69, 9.17) is 0 Å². The van der Waals surface area contributed by atoms with Gasteiger partial charge in [0.05, 0.1) is 13.5 Å². The van der Waals surface area contributed by atoms with Crippen molar-refractivity contribution >= 4 is 17.6 Å². The predicted molar refractivity (Wildman–Crippen MR) is 68.7 cm³/mol. The number of carbonyl (C=O) groups is 2. The number of aromatic nitrogens is 2. The van der Waals surface area contributed by atoms with Crippen molar-refractivity contribution in [3.05, 3.63) is 48.0 Å². The Balaban J connectivity index is 1.99. The summed E-state index contributed by atoms with van der Waals surface area (Å²) in [6.45, 7) is 0. The van der Waals surface area contributed by atoms with Gasteiger partial charge in [0, 0.05) is 18.1 Å². The smallest absolute Gasteiger partial charge is 0.309 e. The van der Waals surface area contributed by atoms with E-state index in [1.807, 2.05) is 0 Å². The van der Waals surface area contributed by atoms with Crippen LogP contribution in [0.4, 0.5) is 5.69 Å². The highest BCUT2D eigenvalue weighted by Crippen LogP contribution is 2.11. The Labute approximate surface area is 109 Å². The number of nitrogens with one attached hydrogen (secondary N) is 2. The molecule has 0 aliphatic heterocycles. The largest absolute Gasteiger partial charge is 0.469 e. The van der Waals surface area contributed by atoms with Crippen molar-refractivity contribution in [2.24, 2.45) is 0 Å². The minimum Gasteiger partial charge on any atom is -0.469 e. The van der Waals surface area contributed by atoms with E-state index < -0.39 is 0 Å². The maximum absolute atomic E-state index is 11.7. The quantitative estimate of drug-likeness (QED) is 0.812. The lowest BCUT2D eigenvalue weighted by atomic mass is 10.1. The van der Waals surface area contributed by atoms with Gasteiger partial charge in [-0.1, -0.05) is 12.1 Å². The molecule has 0 bridgehead atoms. The van der Waals surface area contributed by atoms with E-state index in [-0.39, 0.29) is 24.1 Å². The molecule has 0 fully saturated rings. The number of methoxy groups -OCH3 is 1. The zero-order chi connectivity index (χ0) is 13.7. The van der Waals surface area contributed by atoms with E-state index in [9.17, 15) is 9.59 Å². The number of carbonyl (C=O) groups excluding carboxylic acids is 2. The summed E-state index contributed by atoms with van der Waals surface area (Å²) in [4.78, 5) is 29.4. The highest BCUT2D eigenvalue weighted by atomic mass is 16.5. The van der Waals surface area contributed by atoms with Crippen LogP contribution in [0.3, 0.4) is 0 Å². The topological polar surface area (TPSA) is 84.1 Å². The Morgan fingerprint density at radius 3 is 2.63 bits per heavy atom. The van der Waals surface area contributed by atoms with Crippen molar-refractivity contribution in [1.82, 2.24) is 9.97 Å². The van der Waals surface area contributed by atoms with Crippen LogP contribution in [0.25, 0.3) is 0 Å². The van der Waals surface area contributed by atoms with Crippen LogP contribution in [0.2, 0.25) is 0 Å². The number of anilines is 1. The Morgan fingerprint density at radius 2 is 2.05 bits per heavy atom. The first-order chi connectivity index (χ1) is 9.19. The average Bonchev–Trinajstić information content (AvgIpc) is 2.95. The molecule has 1 aromatic carbocycles. The van der Waals surface area contributed by atoms with E-state index in [1.165, 1.54) is 13.3 Å². The molecule has 19 heavy (non-hydrogen) atoms. The number of hydrogen-bond donors (Lipinski definition) is 2. The van der Waals surface area contributed by atoms with Crippen molar-refractivity contribution in [2.75, 3.05) is 12.4 Å². The number of H-pyrrole nitrogens is 1. The van der Waals surface area contributed by atoms with Gasteiger partial charge in [0.25, 0.3) is 5.91 Å². The molecular formula is C13H13N3O3. The Morgan fingerprint density at radius 1 is 1.32 bits per heavy atom. The number of rotatable bonds is 4. The molecule has 0 saturated heterocycles. The highest BCUT2D eigenvalue weighted by molar-refractivity contribution is 6.01. The number of imidazole rings is 1. The molecule has 1 amide bonds. The molecule has 6 heteroatoms. The lowest BCUT2D eigenvalue weighted by Gasteiger charge is -2.04. The highest BCUT2D eigenvalue weighted by Gasteiger charge is 2.08. The molecular weight excluding hydrogens is 246 g/mol. The fourth-order valence-electron chi connectivity index (χ4n) is 1.52. The summed E-state index contributed by atoms with van der Waals surface area (Å²) < 4.78 is 4.58. The normalized spacial score (nSPS) is 9.95. The molecule has 0 unspecified atom stereocenters.